The number of rotatable bonds is 3. The van der Waals surface area contributed by atoms with E-state index in [0.29, 0.717) is 0 Å². The Labute approximate surface area is 86.0 Å². The van der Waals surface area contributed by atoms with Crippen LogP contribution < -0.4 is 10.5 Å². The quantitative estimate of drug-likeness (QED) is 0.759. The van der Waals surface area contributed by atoms with Crippen LogP contribution in [0, 0.1) is 5.82 Å². The summed E-state index contributed by atoms with van der Waals surface area (Å²) in [5, 5.41) is 0. The van der Waals surface area contributed by atoms with E-state index in [9.17, 15) is 9.18 Å². The van der Waals surface area contributed by atoms with Crippen molar-refractivity contribution in [2.75, 3.05) is 19.5 Å². The molecule has 0 atom stereocenters. The maximum atomic E-state index is 13.0. The van der Waals surface area contributed by atoms with Crippen molar-refractivity contribution in [3.8, 4) is 5.75 Å². The van der Waals surface area contributed by atoms with Crippen molar-refractivity contribution in [3.63, 3.8) is 0 Å². The molecule has 0 saturated carbocycles. The topological polar surface area (TPSA) is 74.4 Å². The summed E-state index contributed by atoms with van der Waals surface area (Å²) in [5.74, 6) is -1.53. The molecule has 1 heterocycles. The molecule has 0 spiro atoms. The number of nitrogen functional groups attached to an aromatic ring is 1. The number of esters is 1. The first-order valence-electron chi connectivity index (χ1n) is 4.26. The summed E-state index contributed by atoms with van der Waals surface area (Å²) in [5.41, 5.74) is 5.00. The lowest BCUT2D eigenvalue weighted by Gasteiger charge is -2.09. The molecule has 5 nitrogen and oxygen atoms in total. The molecule has 0 unspecified atom stereocenters. The Balaban J connectivity index is 3.18. The van der Waals surface area contributed by atoms with Gasteiger partial charge in [0, 0.05) is 0 Å². The van der Waals surface area contributed by atoms with Gasteiger partial charge in [-0.05, 0) is 6.92 Å². The standard InChI is InChI=1S/C9H11FN2O3/c1-3-15-9(13)7-8(14-2)6(11)5(10)4-12-7/h4H,3H2,1-2H3,(H2,11,12). The molecule has 0 radical (unpaired) electrons. The minimum absolute atomic E-state index is 0.103. The smallest absolute Gasteiger partial charge is 0.360 e. The van der Waals surface area contributed by atoms with Gasteiger partial charge in [0.15, 0.2) is 17.3 Å². The maximum absolute atomic E-state index is 13.0. The van der Waals surface area contributed by atoms with Crippen molar-refractivity contribution in [3.05, 3.63) is 17.7 Å². The predicted octanol–water partition coefficient (Wildman–Crippen LogP) is 0.988. The molecular formula is C9H11FN2O3. The van der Waals surface area contributed by atoms with Crippen LogP contribution in [-0.2, 0) is 4.74 Å². The van der Waals surface area contributed by atoms with Crippen LogP contribution in [0.15, 0.2) is 6.20 Å². The van der Waals surface area contributed by atoms with E-state index in [1.54, 1.807) is 6.92 Å². The number of hydrogen-bond acceptors (Lipinski definition) is 5. The van der Waals surface area contributed by atoms with Gasteiger partial charge in [-0.3, -0.25) is 0 Å². The van der Waals surface area contributed by atoms with Crippen molar-refractivity contribution < 1.29 is 18.7 Å². The van der Waals surface area contributed by atoms with Gasteiger partial charge in [0.25, 0.3) is 0 Å². The number of ether oxygens (including phenoxy) is 2. The monoisotopic (exact) mass is 214 g/mol. The fourth-order valence-corrected chi connectivity index (χ4v) is 1.04. The van der Waals surface area contributed by atoms with Crippen molar-refractivity contribution >= 4 is 11.7 Å². The van der Waals surface area contributed by atoms with Crippen LogP contribution in [0.5, 0.6) is 5.75 Å². The van der Waals surface area contributed by atoms with Gasteiger partial charge in [-0.25, -0.2) is 14.2 Å². The van der Waals surface area contributed by atoms with Crippen LogP contribution in [0.2, 0.25) is 0 Å². The molecule has 1 aromatic rings. The van der Waals surface area contributed by atoms with Gasteiger partial charge < -0.3 is 15.2 Å². The van der Waals surface area contributed by atoms with E-state index >= 15 is 0 Å². The summed E-state index contributed by atoms with van der Waals surface area (Å²) in [6.07, 6.45) is 0.851. The SMILES string of the molecule is CCOC(=O)c1ncc(F)c(N)c1OC. The van der Waals surface area contributed by atoms with Gasteiger partial charge in [0.05, 0.1) is 19.9 Å². The number of nitrogens with two attached hydrogens (primary N) is 1. The van der Waals surface area contributed by atoms with E-state index in [-0.39, 0.29) is 23.7 Å². The number of halogens is 1. The van der Waals surface area contributed by atoms with E-state index in [1.807, 2.05) is 0 Å². The molecule has 0 fully saturated rings. The summed E-state index contributed by atoms with van der Waals surface area (Å²) < 4.78 is 22.5. The summed E-state index contributed by atoms with van der Waals surface area (Å²) in [7, 11) is 1.27. The van der Waals surface area contributed by atoms with E-state index < -0.39 is 11.8 Å². The number of methoxy groups -OCH3 is 1. The lowest BCUT2D eigenvalue weighted by atomic mass is 10.3. The second kappa shape index (κ2) is 4.59. The van der Waals surface area contributed by atoms with Crippen LogP contribution in [0.1, 0.15) is 17.4 Å². The minimum atomic E-state index is -0.736. The van der Waals surface area contributed by atoms with E-state index in [2.05, 4.69) is 4.98 Å². The third kappa shape index (κ3) is 2.15. The fraction of sp³-hybridized carbons (Fsp3) is 0.333. The van der Waals surface area contributed by atoms with Crippen LogP contribution in [0.4, 0.5) is 10.1 Å². The highest BCUT2D eigenvalue weighted by Crippen LogP contribution is 2.27. The Kier molecular flexibility index (Phi) is 3.43. The lowest BCUT2D eigenvalue weighted by Crippen LogP contribution is -2.11. The van der Waals surface area contributed by atoms with Crippen molar-refractivity contribution in [1.82, 2.24) is 4.98 Å². The molecule has 0 bridgehead atoms. The van der Waals surface area contributed by atoms with Gasteiger partial charge in [0.2, 0.25) is 0 Å². The Morgan fingerprint density at radius 3 is 2.87 bits per heavy atom. The highest BCUT2D eigenvalue weighted by molar-refractivity contribution is 5.92. The Bertz CT molecular complexity index is 382. The second-order valence-corrected chi connectivity index (χ2v) is 2.62. The molecule has 82 valence electrons. The number of pyridine rings is 1. The van der Waals surface area contributed by atoms with Crippen LogP contribution in [0.3, 0.4) is 0 Å². The molecule has 15 heavy (non-hydrogen) atoms. The summed E-state index contributed by atoms with van der Waals surface area (Å²) in [6, 6.07) is 0. The highest BCUT2D eigenvalue weighted by atomic mass is 19.1. The largest absolute Gasteiger partial charge is 0.492 e. The van der Waals surface area contributed by atoms with Crippen LogP contribution >= 0.6 is 0 Å². The molecule has 0 aliphatic rings. The first kappa shape index (κ1) is 11.2. The molecule has 0 aliphatic heterocycles. The molecule has 0 aliphatic carbocycles. The molecular weight excluding hydrogens is 203 g/mol. The molecule has 6 heteroatoms. The van der Waals surface area contributed by atoms with E-state index in [1.165, 1.54) is 7.11 Å². The van der Waals surface area contributed by atoms with Gasteiger partial charge >= 0.3 is 5.97 Å². The lowest BCUT2D eigenvalue weighted by molar-refractivity contribution is 0.0515. The van der Waals surface area contributed by atoms with E-state index in [4.69, 9.17) is 15.2 Å². The molecule has 0 aromatic carbocycles. The zero-order valence-corrected chi connectivity index (χ0v) is 8.41. The molecule has 1 aromatic heterocycles. The average molecular weight is 214 g/mol. The number of carbonyl (C=O) groups is 1. The first-order valence-corrected chi connectivity index (χ1v) is 4.26. The number of aromatic nitrogens is 1. The third-order valence-electron chi connectivity index (χ3n) is 1.70. The van der Waals surface area contributed by atoms with Gasteiger partial charge in [-0.15, -0.1) is 0 Å². The third-order valence-corrected chi connectivity index (χ3v) is 1.70. The highest BCUT2D eigenvalue weighted by Gasteiger charge is 2.20. The average Bonchev–Trinajstić information content (AvgIpc) is 2.22. The summed E-state index contributed by atoms with van der Waals surface area (Å²) >= 11 is 0. The Morgan fingerprint density at radius 2 is 2.33 bits per heavy atom. The Hall–Kier alpha value is -1.85. The van der Waals surface area contributed by atoms with Crippen molar-refractivity contribution in [1.29, 1.82) is 0 Å². The van der Waals surface area contributed by atoms with Gasteiger partial charge in [0.1, 0.15) is 5.69 Å². The normalized spacial score (nSPS) is 9.80. The fourth-order valence-electron chi connectivity index (χ4n) is 1.04. The van der Waals surface area contributed by atoms with Crippen molar-refractivity contribution in [2.24, 2.45) is 0 Å². The minimum Gasteiger partial charge on any atom is -0.492 e. The first-order chi connectivity index (χ1) is 7.11. The summed E-state index contributed by atoms with van der Waals surface area (Å²) in [4.78, 5) is 14.9. The predicted molar refractivity (Wildman–Crippen MR) is 51.1 cm³/mol. The zero-order chi connectivity index (χ0) is 11.4. The van der Waals surface area contributed by atoms with Crippen LogP contribution in [-0.4, -0.2) is 24.7 Å². The van der Waals surface area contributed by atoms with Gasteiger partial charge in [-0.2, -0.15) is 0 Å². The van der Waals surface area contributed by atoms with Crippen LogP contribution in [0.25, 0.3) is 0 Å². The maximum Gasteiger partial charge on any atom is 0.360 e. The summed E-state index contributed by atoms with van der Waals surface area (Å²) in [6.45, 7) is 1.85. The number of anilines is 1. The van der Waals surface area contributed by atoms with E-state index in [0.717, 1.165) is 6.20 Å². The Morgan fingerprint density at radius 1 is 1.67 bits per heavy atom. The molecule has 2 N–H and O–H groups in total. The number of nitrogens with zero attached hydrogens (tertiary/aromatic N) is 1. The number of hydrogen-bond donors (Lipinski definition) is 1. The zero-order valence-electron chi connectivity index (χ0n) is 8.41. The molecule has 1 rings (SSSR count). The van der Waals surface area contributed by atoms with Crippen molar-refractivity contribution in [2.45, 2.75) is 6.92 Å². The molecule has 0 amide bonds. The molecule has 0 saturated heterocycles. The van der Waals surface area contributed by atoms with Gasteiger partial charge in [-0.1, -0.05) is 0 Å². The second-order valence-electron chi connectivity index (χ2n) is 2.62. The number of carbonyl (C=O) groups excluding carboxylic acids is 1.